The third-order valence-electron chi connectivity index (χ3n) is 4.16. The summed E-state index contributed by atoms with van der Waals surface area (Å²) in [6.07, 6.45) is 3.15. The molecule has 0 aliphatic heterocycles. The molecule has 1 atom stereocenters. The maximum atomic E-state index is 11.0. The number of nitrogens with zero attached hydrogens (tertiary/aromatic N) is 2. The normalized spacial score (nSPS) is 19.1. The summed E-state index contributed by atoms with van der Waals surface area (Å²) in [6, 6.07) is 2.04. The standard InChI is InChI=1S/C15H18N2O2S/c1-15(2,3)9-4-5-10-8(6-9)7-11-12(16-10)20-13(17-11)14(18)19/h7,9H,4-6H2,1-3H3,(H,18,19)/t9-/m1/s1. The Balaban J connectivity index is 2.02. The highest BCUT2D eigenvalue weighted by Crippen LogP contribution is 2.37. The summed E-state index contributed by atoms with van der Waals surface area (Å²) >= 11 is 1.16. The van der Waals surface area contributed by atoms with Crippen LogP contribution in [0.15, 0.2) is 6.07 Å². The predicted octanol–water partition coefficient (Wildman–Crippen LogP) is 3.54. The molecule has 1 N–H and O–H groups in total. The number of hydrogen-bond acceptors (Lipinski definition) is 4. The number of aromatic carboxylic acids is 1. The third kappa shape index (κ3) is 2.30. The minimum Gasteiger partial charge on any atom is -0.476 e. The number of aromatic nitrogens is 2. The molecule has 2 heterocycles. The van der Waals surface area contributed by atoms with E-state index in [9.17, 15) is 4.79 Å². The van der Waals surface area contributed by atoms with Gasteiger partial charge in [0, 0.05) is 5.69 Å². The third-order valence-corrected chi connectivity index (χ3v) is 5.11. The highest BCUT2D eigenvalue weighted by atomic mass is 32.1. The molecule has 0 radical (unpaired) electrons. The van der Waals surface area contributed by atoms with Gasteiger partial charge in [0.2, 0.25) is 5.01 Å². The Bertz CT molecular complexity index is 685. The summed E-state index contributed by atoms with van der Waals surface area (Å²) in [5.74, 6) is -0.328. The van der Waals surface area contributed by atoms with Crippen LogP contribution in [0.5, 0.6) is 0 Å². The molecule has 2 aromatic rings. The van der Waals surface area contributed by atoms with E-state index in [1.165, 1.54) is 5.56 Å². The molecular formula is C15H18N2O2S. The first-order chi connectivity index (χ1) is 9.34. The topological polar surface area (TPSA) is 63.1 Å². The molecule has 20 heavy (non-hydrogen) atoms. The number of hydrogen-bond donors (Lipinski definition) is 1. The second kappa shape index (κ2) is 4.52. The lowest BCUT2D eigenvalue weighted by molar-refractivity contribution is 0.0696. The van der Waals surface area contributed by atoms with Gasteiger partial charge in [-0.05, 0) is 42.2 Å². The summed E-state index contributed by atoms with van der Waals surface area (Å²) in [4.78, 5) is 20.5. The van der Waals surface area contributed by atoms with Crippen LogP contribution >= 0.6 is 11.3 Å². The first-order valence-electron chi connectivity index (χ1n) is 6.87. The van der Waals surface area contributed by atoms with Gasteiger partial charge in [0.25, 0.3) is 0 Å². The smallest absolute Gasteiger partial charge is 0.365 e. The van der Waals surface area contributed by atoms with Crippen LogP contribution in [0.3, 0.4) is 0 Å². The van der Waals surface area contributed by atoms with E-state index < -0.39 is 5.97 Å². The summed E-state index contributed by atoms with van der Waals surface area (Å²) in [6.45, 7) is 6.83. The van der Waals surface area contributed by atoms with Crippen molar-refractivity contribution in [3.8, 4) is 0 Å². The van der Waals surface area contributed by atoms with Crippen LogP contribution in [0, 0.1) is 11.3 Å². The first kappa shape index (κ1) is 13.5. The number of carboxylic acid groups (broad SMARTS) is 1. The molecule has 0 fully saturated rings. The van der Waals surface area contributed by atoms with Gasteiger partial charge < -0.3 is 5.11 Å². The minimum atomic E-state index is -0.974. The van der Waals surface area contributed by atoms with E-state index in [2.05, 4.69) is 30.7 Å². The van der Waals surface area contributed by atoms with Crippen LogP contribution in [-0.4, -0.2) is 21.0 Å². The molecule has 0 saturated heterocycles. The van der Waals surface area contributed by atoms with E-state index in [0.717, 1.165) is 46.6 Å². The van der Waals surface area contributed by atoms with Crippen molar-refractivity contribution < 1.29 is 9.90 Å². The van der Waals surface area contributed by atoms with Gasteiger partial charge in [0.15, 0.2) is 0 Å². The highest BCUT2D eigenvalue weighted by molar-refractivity contribution is 7.19. The Morgan fingerprint density at radius 1 is 1.40 bits per heavy atom. The summed E-state index contributed by atoms with van der Waals surface area (Å²) in [5, 5.41) is 9.15. The van der Waals surface area contributed by atoms with Crippen molar-refractivity contribution in [3.05, 3.63) is 22.3 Å². The molecular weight excluding hydrogens is 272 g/mol. The molecule has 0 aromatic carbocycles. The molecule has 3 rings (SSSR count). The van der Waals surface area contributed by atoms with E-state index in [-0.39, 0.29) is 5.01 Å². The van der Waals surface area contributed by atoms with Crippen molar-refractivity contribution in [2.75, 3.05) is 0 Å². The number of fused-ring (bicyclic) bond motifs is 2. The fourth-order valence-electron chi connectivity index (χ4n) is 2.84. The van der Waals surface area contributed by atoms with Gasteiger partial charge in [-0.15, -0.1) is 0 Å². The van der Waals surface area contributed by atoms with Crippen LogP contribution in [-0.2, 0) is 12.8 Å². The van der Waals surface area contributed by atoms with Gasteiger partial charge in [-0.3, -0.25) is 0 Å². The van der Waals surface area contributed by atoms with Crippen molar-refractivity contribution in [2.24, 2.45) is 11.3 Å². The zero-order chi connectivity index (χ0) is 14.5. The summed E-state index contributed by atoms with van der Waals surface area (Å²) < 4.78 is 0. The lowest BCUT2D eigenvalue weighted by Crippen LogP contribution is -2.27. The SMILES string of the molecule is CC(C)(C)[C@@H]1CCc2nc3sc(C(=O)O)nc3cc2C1. The monoisotopic (exact) mass is 290 g/mol. The lowest BCUT2D eigenvalue weighted by atomic mass is 9.71. The lowest BCUT2D eigenvalue weighted by Gasteiger charge is -2.34. The number of aryl methyl sites for hydroxylation is 1. The Labute approximate surface area is 121 Å². The number of thiazole rings is 1. The molecule has 5 heteroatoms. The summed E-state index contributed by atoms with van der Waals surface area (Å²) in [5.41, 5.74) is 3.38. The van der Waals surface area contributed by atoms with Crippen LogP contribution in [0.25, 0.3) is 10.3 Å². The van der Waals surface area contributed by atoms with E-state index >= 15 is 0 Å². The molecule has 1 aliphatic rings. The van der Waals surface area contributed by atoms with Crippen molar-refractivity contribution >= 4 is 27.7 Å². The number of carboxylic acids is 1. The van der Waals surface area contributed by atoms with Crippen LogP contribution in [0.2, 0.25) is 0 Å². The van der Waals surface area contributed by atoms with E-state index in [1.54, 1.807) is 0 Å². The number of pyridine rings is 1. The fourth-order valence-corrected chi connectivity index (χ4v) is 3.62. The highest BCUT2D eigenvalue weighted by Gasteiger charge is 2.29. The van der Waals surface area contributed by atoms with Gasteiger partial charge in [0.1, 0.15) is 10.3 Å². The fraction of sp³-hybridized carbons (Fsp3) is 0.533. The number of carbonyl (C=O) groups is 1. The van der Waals surface area contributed by atoms with E-state index in [1.807, 2.05) is 6.07 Å². The molecule has 0 amide bonds. The van der Waals surface area contributed by atoms with Crippen molar-refractivity contribution in [1.82, 2.24) is 9.97 Å². The average Bonchev–Trinajstić information content (AvgIpc) is 2.77. The van der Waals surface area contributed by atoms with Gasteiger partial charge >= 0.3 is 5.97 Å². The second-order valence-electron chi connectivity index (χ2n) is 6.55. The van der Waals surface area contributed by atoms with Crippen LogP contribution < -0.4 is 0 Å². The second-order valence-corrected chi connectivity index (χ2v) is 7.53. The van der Waals surface area contributed by atoms with Crippen molar-refractivity contribution in [3.63, 3.8) is 0 Å². The van der Waals surface area contributed by atoms with Crippen LogP contribution in [0.1, 0.15) is 48.3 Å². The molecule has 0 spiro atoms. The molecule has 0 unspecified atom stereocenters. The molecule has 2 aromatic heterocycles. The van der Waals surface area contributed by atoms with Gasteiger partial charge in [-0.25, -0.2) is 14.8 Å². The molecule has 4 nitrogen and oxygen atoms in total. The van der Waals surface area contributed by atoms with E-state index in [0.29, 0.717) is 11.3 Å². The molecule has 0 saturated carbocycles. The van der Waals surface area contributed by atoms with Gasteiger partial charge in [-0.1, -0.05) is 32.1 Å². The summed E-state index contributed by atoms with van der Waals surface area (Å²) in [7, 11) is 0. The first-order valence-corrected chi connectivity index (χ1v) is 7.69. The molecule has 0 bridgehead atoms. The Morgan fingerprint density at radius 3 is 2.80 bits per heavy atom. The number of rotatable bonds is 1. The zero-order valence-corrected chi connectivity index (χ0v) is 12.8. The Morgan fingerprint density at radius 2 is 2.15 bits per heavy atom. The Kier molecular flexibility index (Phi) is 3.05. The van der Waals surface area contributed by atoms with Gasteiger partial charge in [-0.2, -0.15) is 0 Å². The predicted molar refractivity (Wildman–Crippen MR) is 79.3 cm³/mol. The molecule has 1 aliphatic carbocycles. The van der Waals surface area contributed by atoms with Crippen molar-refractivity contribution in [1.29, 1.82) is 0 Å². The minimum absolute atomic E-state index is 0.127. The van der Waals surface area contributed by atoms with Crippen LogP contribution in [0.4, 0.5) is 0 Å². The van der Waals surface area contributed by atoms with Gasteiger partial charge in [0.05, 0.1) is 0 Å². The molecule has 106 valence electrons. The maximum Gasteiger partial charge on any atom is 0.365 e. The average molecular weight is 290 g/mol. The quantitative estimate of drug-likeness (QED) is 0.872. The Hall–Kier alpha value is -1.49. The van der Waals surface area contributed by atoms with Crippen molar-refractivity contribution in [2.45, 2.75) is 40.0 Å². The zero-order valence-electron chi connectivity index (χ0n) is 11.9. The van der Waals surface area contributed by atoms with E-state index in [4.69, 9.17) is 5.11 Å². The largest absolute Gasteiger partial charge is 0.476 e. The maximum absolute atomic E-state index is 11.0.